The van der Waals surface area contributed by atoms with Crippen molar-refractivity contribution in [2.24, 2.45) is 0 Å². The summed E-state index contributed by atoms with van der Waals surface area (Å²) in [6.45, 7) is 2.88. The van der Waals surface area contributed by atoms with Gasteiger partial charge in [0.05, 0.1) is 24.7 Å². The van der Waals surface area contributed by atoms with Crippen LogP contribution >= 0.6 is 11.8 Å². The zero-order chi connectivity index (χ0) is 24.1. The fourth-order valence-electron chi connectivity index (χ4n) is 4.02. The summed E-state index contributed by atoms with van der Waals surface area (Å²) >= 11 is 1.53. The molecular weight excluding hydrogens is 452 g/mol. The van der Waals surface area contributed by atoms with E-state index in [2.05, 4.69) is 17.4 Å². The number of ether oxygens (including phenoxy) is 3. The molecule has 0 saturated carbocycles. The number of nitrogens with zero attached hydrogens (tertiary/aromatic N) is 1. The van der Waals surface area contributed by atoms with Crippen LogP contribution in [0, 0.1) is 0 Å². The third-order valence-corrected chi connectivity index (χ3v) is 7.13. The molecule has 178 valence electrons. The third-order valence-electron chi connectivity index (χ3n) is 5.69. The van der Waals surface area contributed by atoms with E-state index in [1.807, 2.05) is 55.6 Å². The van der Waals surface area contributed by atoms with E-state index in [9.17, 15) is 9.59 Å². The molecule has 8 heteroatoms. The Hall–Kier alpha value is -3.23. The summed E-state index contributed by atoms with van der Waals surface area (Å²) in [4.78, 5) is 29.0. The van der Waals surface area contributed by atoms with E-state index in [-0.39, 0.29) is 12.5 Å². The summed E-state index contributed by atoms with van der Waals surface area (Å²) in [5.74, 6) is 0.420. The predicted molar refractivity (Wildman–Crippen MR) is 134 cm³/mol. The minimum atomic E-state index is -1.07. The van der Waals surface area contributed by atoms with E-state index < -0.39 is 17.5 Å². The second-order valence-electron chi connectivity index (χ2n) is 7.76. The fourth-order valence-corrected chi connectivity index (χ4v) is 5.47. The van der Waals surface area contributed by atoms with Gasteiger partial charge in [0.15, 0.2) is 0 Å². The van der Waals surface area contributed by atoms with Crippen LogP contribution in [0.1, 0.15) is 17.7 Å². The van der Waals surface area contributed by atoms with Gasteiger partial charge in [0.25, 0.3) is 5.91 Å². The first-order chi connectivity index (χ1) is 16.6. The number of likely N-dealkylation sites (N-methyl/N-ethyl adjacent to an activating group) is 1. The Balaban J connectivity index is 1.88. The number of benzene rings is 3. The molecule has 1 amide bonds. The highest BCUT2D eigenvalue weighted by molar-refractivity contribution is 8.00. The molecule has 0 aliphatic carbocycles. The number of anilines is 1. The Morgan fingerprint density at radius 3 is 2.56 bits per heavy atom. The van der Waals surface area contributed by atoms with E-state index in [1.165, 1.54) is 11.8 Å². The number of rotatable bonds is 7. The van der Waals surface area contributed by atoms with E-state index in [0.717, 1.165) is 26.9 Å². The summed E-state index contributed by atoms with van der Waals surface area (Å²) in [6, 6.07) is 19.6. The second-order valence-corrected chi connectivity index (χ2v) is 8.91. The standard InChI is InChI=1S/C26H28N2O5S/c1-4-32-26(30)33-22-23(18-9-12-19(31-3)13-10-18)34-24-20-8-6-5-7-17(20)11-14-21(24)28(25(22)29)16-15-27-2/h5-14,22-23,27H,4,15-16H2,1-3H3/t22-,23+/m1/s1. The normalized spacial score (nSPS) is 17.7. The fraction of sp³-hybridized carbons (Fsp3) is 0.308. The Morgan fingerprint density at radius 1 is 1.09 bits per heavy atom. The van der Waals surface area contributed by atoms with Crippen LogP contribution < -0.4 is 15.0 Å². The number of amides is 1. The highest BCUT2D eigenvalue weighted by Crippen LogP contribution is 2.49. The van der Waals surface area contributed by atoms with Crippen LogP contribution in [-0.2, 0) is 14.3 Å². The van der Waals surface area contributed by atoms with Gasteiger partial charge < -0.3 is 24.4 Å². The van der Waals surface area contributed by atoms with Crippen LogP contribution in [0.3, 0.4) is 0 Å². The molecule has 1 N–H and O–H groups in total. The molecule has 0 spiro atoms. The van der Waals surface area contributed by atoms with Crippen molar-refractivity contribution < 1.29 is 23.8 Å². The quantitative estimate of drug-likeness (QED) is 0.487. The summed E-state index contributed by atoms with van der Waals surface area (Å²) in [6.07, 6.45) is -1.93. The molecule has 0 aromatic heterocycles. The van der Waals surface area contributed by atoms with E-state index in [1.54, 1.807) is 18.9 Å². The number of nitrogens with one attached hydrogen (secondary N) is 1. The summed E-state index contributed by atoms with van der Waals surface area (Å²) in [5.41, 5.74) is 1.65. The zero-order valence-corrected chi connectivity index (χ0v) is 20.3. The van der Waals surface area contributed by atoms with Crippen molar-refractivity contribution in [3.05, 3.63) is 66.2 Å². The first-order valence-electron chi connectivity index (χ1n) is 11.2. The average Bonchev–Trinajstić information content (AvgIpc) is 2.97. The van der Waals surface area contributed by atoms with Crippen molar-refractivity contribution in [2.75, 3.05) is 38.8 Å². The van der Waals surface area contributed by atoms with Crippen LogP contribution in [0.2, 0.25) is 0 Å². The molecule has 0 radical (unpaired) electrons. The lowest BCUT2D eigenvalue weighted by Gasteiger charge is -2.27. The predicted octanol–water partition coefficient (Wildman–Crippen LogP) is 4.79. The SMILES string of the molecule is CCOC(=O)O[C@H]1C(=O)N(CCNC)c2ccc3ccccc3c2S[C@H]1c1ccc(OC)cc1. The van der Waals surface area contributed by atoms with Gasteiger partial charge in [0, 0.05) is 18.0 Å². The Labute approximate surface area is 203 Å². The maximum absolute atomic E-state index is 13.9. The monoisotopic (exact) mass is 480 g/mol. The number of methoxy groups -OCH3 is 1. The highest BCUT2D eigenvalue weighted by atomic mass is 32.2. The Morgan fingerprint density at radius 2 is 1.85 bits per heavy atom. The van der Waals surface area contributed by atoms with Gasteiger partial charge >= 0.3 is 6.16 Å². The molecule has 1 aliphatic heterocycles. The molecule has 34 heavy (non-hydrogen) atoms. The average molecular weight is 481 g/mol. The number of carbonyl (C=O) groups excluding carboxylic acids is 2. The second kappa shape index (κ2) is 10.8. The molecule has 1 aliphatic rings. The lowest BCUT2D eigenvalue weighted by atomic mass is 10.0. The van der Waals surface area contributed by atoms with Crippen LogP contribution in [0.15, 0.2) is 65.6 Å². The van der Waals surface area contributed by atoms with Crippen molar-refractivity contribution in [3.8, 4) is 5.75 Å². The maximum Gasteiger partial charge on any atom is 0.509 e. The number of fused-ring (bicyclic) bond motifs is 3. The van der Waals surface area contributed by atoms with Crippen molar-refractivity contribution in [3.63, 3.8) is 0 Å². The van der Waals surface area contributed by atoms with Crippen molar-refractivity contribution in [1.29, 1.82) is 0 Å². The van der Waals surface area contributed by atoms with Crippen molar-refractivity contribution in [2.45, 2.75) is 23.2 Å². The molecule has 4 rings (SSSR count). The molecule has 1 heterocycles. The van der Waals surface area contributed by atoms with Gasteiger partial charge in [0.1, 0.15) is 5.75 Å². The lowest BCUT2D eigenvalue weighted by molar-refractivity contribution is -0.128. The minimum Gasteiger partial charge on any atom is -0.497 e. The summed E-state index contributed by atoms with van der Waals surface area (Å²) in [7, 11) is 3.44. The largest absolute Gasteiger partial charge is 0.509 e. The molecule has 3 aromatic rings. The Kier molecular flexibility index (Phi) is 7.59. The van der Waals surface area contributed by atoms with Gasteiger partial charge in [0.2, 0.25) is 6.10 Å². The van der Waals surface area contributed by atoms with Crippen molar-refractivity contribution >= 4 is 40.3 Å². The van der Waals surface area contributed by atoms with E-state index >= 15 is 0 Å². The van der Waals surface area contributed by atoms with E-state index in [4.69, 9.17) is 14.2 Å². The molecule has 0 saturated heterocycles. The molecule has 2 atom stereocenters. The lowest BCUT2D eigenvalue weighted by Crippen LogP contribution is -2.45. The van der Waals surface area contributed by atoms with Crippen LogP contribution in [0.5, 0.6) is 5.75 Å². The topological polar surface area (TPSA) is 77.1 Å². The Bertz CT molecular complexity index is 1170. The van der Waals surface area contributed by atoms with Crippen LogP contribution in [0.25, 0.3) is 10.8 Å². The number of hydrogen-bond acceptors (Lipinski definition) is 7. The van der Waals surface area contributed by atoms with Gasteiger partial charge in [-0.3, -0.25) is 4.79 Å². The first kappa shape index (κ1) is 23.9. The van der Waals surface area contributed by atoms with Gasteiger partial charge in [-0.05, 0) is 48.5 Å². The van der Waals surface area contributed by atoms with E-state index in [0.29, 0.717) is 18.8 Å². The van der Waals surface area contributed by atoms with Gasteiger partial charge in [-0.25, -0.2) is 4.79 Å². The number of thioether (sulfide) groups is 1. The maximum atomic E-state index is 13.9. The van der Waals surface area contributed by atoms with Crippen LogP contribution in [-0.4, -0.2) is 52.0 Å². The number of carbonyl (C=O) groups is 2. The molecule has 3 aromatic carbocycles. The first-order valence-corrected chi connectivity index (χ1v) is 12.1. The van der Waals surface area contributed by atoms with Gasteiger partial charge in [-0.15, -0.1) is 11.8 Å². The zero-order valence-electron chi connectivity index (χ0n) is 19.4. The van der Waals surface area contributed by atoms with Crippen LogP contribution in [0.4, 0.5) is 10.5 Å². The van der Waals surface area contributed by atoms with Gasteiger partial charge in [-0.2, -0.15) is 0 Å². The summed E-state index contributed by atoms with van der Waals surface area (Å²) < 4.78 is 16.0. The third kappa shape index (κ3) is 4.83. The minimum absolute atomic E-state index is 0.161. The molecular formula is C26H28N2O5S. The summed E-state index contributed by atoms with van der Waals surface area (Å²) in [5, 5.41) is 4.75. The smallest absolute Gasteiger partial charge is 0.497 e. The molecule has 0 unspecified atom stereocenters. The highest BCUT2D eigenvalue weighted by Gasteiger charge is 2.42. The molecule has 0 bridgehead atoms. The van der Waals surface area contributed by atoms with Crippen molar-refractivity contribution in [1.82, 2.24) is 5.32 Å². The van der Waals surface area contributed by atoms with Gasteiger partial charge in [-0.1, -0.05) is 42.5 Å². The molecule has 7 nitrogen and oxygen atoms in total. The molecule has 0 fully saturated rings. The number of hydrogen-bond donors (Lipinski definition) is 1.